The Morgan fingerprint density at radius 1 is 1.15 bits per heavy atom. The maximum absolute atomic E-state index is 12.7. The van der Waals surface area contributed by atoms with Crippen molar-refractivity contribution in [3.8, 4) is 17.1 Å². The van der Waals surface area contributed by atoms with E-state index in [-0.39, 0.29) is 5.56 Å². The monoisotopic (exact) mass is 364 g/mol. The lowest BCUT2D eigenvalue weighted by Gasteiger charge is -2.13. The fourth-order valence-corrected chi connectivity index (χ4v) is 4.23. The summed E-state index contributed by atoms with van der Waals surface area (Å²) in [4.78, 5) is 22.4. The van der Waals surface area contributed by atoms with Crippen molar-refractivity contribution in [1.29, 1.82) is 0 Å². The van der Waals surface area contributed by atoms with Crippen LogP contribution in [0.25, 0.3) is 32.4 Å². The van der Waals surface area contributed by atoms with Gasteiger partial charge in [-0.1, -0.05) is 37.3 Å². The fraction of sp³-hybridized carbons (Fsp3) is 0.238. The number of nitrogens with one attached hydrogen (secondary N) is 1. The van der Waals surface area contributed by atoms with E-state index in [9.17, 15) is 4.79 Å². The van der Waals surface area contributed by atoms with Crippen LogP contribution in [0.2, 0.25) is 0 Å². The third kappa shape index (κ3) is 2.69. The molecule has 26 heavy (non-hydrogen) atoms. The van der Waals surface area contributed by atoms with Gasteiger partial charge < -0.3 is 9.72 Å². The number of H-pyrrole nitrogens is 1. The molecule has 0 unspecified atom stereocenters. The number of hydrogen-bond acceptors (Lipinski definition) is 4. The average Bonchev–Trinajstić information content (AvgIpc) is 2.93. The number of aryl methyl sites for hydroxylation is 2. The van der Waals surface area contributed by atoms with Crippen LogP contribution >= 0.6 is 11.3 Å². The third-order valence-electron chi connectivity index (χ3n) is 4.63. The van der Waals surface area contributed by atoms with Gasteiger partial charge in [-0.3, -0.25) is 4.79 Å². The maximum atomic E-state index is 12.7. The highest BCUT2D eigenvalue weighted by atomic mass is 32.1. The normalized spacial score (nSPS) is 11.3. The summed E-state index contributed by atoms with van der Waals surface area (Å²) in [7, 11) is 0. The second-order valence-corrected chi connectivity index (χ2v) is 7.59. The predicted octanol–water partition coefficient (Wildman–Crippen LogP) is 5.21. The zero-order valence-corrected chi connectivity index (χ0v) is 15.9. The molecular weight excluding hydrogens is 344 g/mol. The molecule has 1 N–H and O–H groups in total. The number of aromatic amines is 1. The average molecular weight is 364 g/mol. The Bertz CT molecular complexity index is 1170. The first-order valence-electron chi connectivity index (χ1n) is 8.75. The van der Waals surface area contributed by atoms with E-state index in [4.69, 9.17) is 9.72 Å². The minimum absolute atomic E-state index is 0.0961. The van der Waals surface area contributed by atoms with E-state index in [1.54, 1.807) is 11.3 Å². The SMILES string of the molecule is CCCOc1ccc2ccccc2c1-c1nc2sc(C)c(C)c2c(=O)[nH]1. The van der Waals surface area contributed by atoms with E-state index in [1.807, 2.05) is 44.2 Å². The van der Waals surface area contributed by atoms with Crippen molar-refractivity contribution >= 4 is 32.3 Å². The highest BCUT2D eigenvalue weighted by Crippen LogP contribution is 2.36. The molecule has 0 aliphatic rings. The minimum Gasteiger partial charge on any atom is -0.493 e. The summed E-state index contributed by atoms with van der Waals surface area (Å²) in [5.41, 5.74) is 1.76. The van der Waals surface area contributed by atoms with Crippen molar-refractivity contribution in [3.63, 3.8) is 0 Å². The van der Waals surface area contributed by atoms with Gasteiger partial charge in [-0.15, -0.1) is 11.3 Å². The van der Waals surface area contributed by atoms with Gasteiger partial charge in [0, 0.05) is 4.88 Å². The van der Waals surface area contributed by atoms with Crippen LogP contribution in [0.5, 0.6) is 5.75 Å². The molecule has 0 atom stereocenters. The van der Waals surface area contributed by atoms with Crippen molar-refractivity contribution in [2.45, 2.75) is 27.2 Å². The molecule has 0 fully saturated rings. The molecule has 5 heteroatoms. The number of hydrogen-bond donors (Lipinski definition) is 1. The number of benzene rings is 2. The number of ether oxygens (including phenoxy) is 1. The zero-order chi connectivity index (χ0) is 18.3. The summed E-state index contributed by atoms with van der Waals surface area (Å²) < 4.78 is 5.97. The van der Waals surface area contributed by atoms with Crippen LogP contribution < -0.4 is 10.3 Å². The quantitative estimate of drug-likeness (QED) is 0.541. The Hall–Kier alpha value is -2.66. The van der Waals surface area contributed by atoms with Gasteiger partial charge >= 0.3 is 0 Å². The summed E-state index contributed by atoms with van der Waals surface area (Å²) in [5.74, 6) is 1.31. The highest BCUT2D eigenvalue weighted by molar-refractivity contribution is 7.18. The Morgan fingerprint density at radius 2 is 1.96 bits per heavy atom. The van der Waals surface area contributed by atoms with Gasteiger partial charge in [-0.25, -0.2) is 4.98 Å². The Balaban J connectivity index is 2.04. The van der Waals surface area contributed by atoms with Crippen LogP contribution in [0.15, 0.2) is 41.2 Å². The molecule has 2 aromatic heterocycles. The summed E-state index contributed by atoms with van der Waals surface area (Å²) in [6.45, 7) is 6.69. The first kappa shape index (κ1) is 16.8. The summed E-state index contributed by atoms with van der Waals surface area (Å²) in [5, 5.41) is 2.80. The van der Waals surface area contributed by atoms with Crippen LogP contribution in [0.4, 0.5) is 0 Å². The second-order valence-electron chi connectivity index (χ2n) is 6.39. The Morgan fingerprint density at radius 3 is 2.77 bits per heavy atom. The lowest BCUT2D eigenvalue weighted by atomic mass is 10.0. The van der Waals surface area contributed by atoms with E-state index in [0.29, 0.717) is 17.8 Å². The van der Waals surface area contributed by atoms with E-state index >= 15 is 0 Å². The minimum atomic E-state index is -0.0961. The van der Waals surface area contributed by atoms with Crippen molar-refractivity contribution in [2.24, 2.45) is 0 Å². The topological polar surface area (TPSA) is 55.0 Å². The molecule has 0 radical (unpaired) electrons. The molecule has 4 nitrogen and oxygen atoms in total. The van der Waals surface area contributed by atoms with Crippen molar-refractivity contribution in [2.75, 3.05) is 6.61 Å². The highest BCUT2D eigenvalue weighted by Gasteiger charge is 2.17. The van der Waals surface area contributed by atoms with Crippen molar-refractivity contribution < 1.29 is 4.74 Å². The molecule has 2 aromatic carbocycles. The molecule has 0 saturated carbocycles. The molecule has 0 saturated heterocycles. The van der Waals surface area contributed by atoms with Gasteiger partial charge in [0.2, 0.25) is 0 Å². The van der Waals surface area contributed by atoms with Gasteiger partial charge in [0.25, 0.3) is 5.56 Å². The first-order valence-corrected chi connectivity index (χ1v) is 9.56. The van der Waals surface area contributed by atoms with Gasteiger partial charge in [0.15, 0.2) is 0 Å². The lowest BCUT2D eigenvalue weighted by Crippen LogP contribution is -2.10. The predicted molar refractivity (Wildman–Crippen MR) is 108 cm³/mol. The summed E-state index contributed by atoms with van der Waals surface area (Å²) >= 11 is 1.56. The first-order chi connectivity index (χ1) is 12.6. The molecule has 0 spiro atoms. The molecule has 0 amide bonds. The van der Waals surface area contributed by atoms with E-state index in [0.717, 1.165) is 43.8 Å². The number of thiophene rings is 1. The van der Waals surface area contributed by atoms with E-state index in [2.05, 4.69) is 18.0 Å². The molecule has 0 bridgehead atoms. The molecule has 0 aliphatic carbocycles. The number of fused-ring (bicyclic) bond motifs is 2. The summed E-state index contributed by atoms with van der Waals surface area (Å²) in [6.07, 6.45) is 0.915. The van der Waals surface area contributed by atoms with Crippen LogP contribution in [-0.2, 0) is 0 Å². The Kier molecular flexibility index (Phi) is 4.24. The maximum Gasteiger partial charge on any atom is 0.260 e. The van der Waals surface area contributed by atoms with Gasteiger partial charge in [0.1, 0.15) is 16.4 Å². The standard InChI is InChI=1S/C21H20N2O2S/c1-4-11-25-16-10-9-14-7-5-6-8-15(14)18(16)19-22-20(24)17-12(2)13(3)26-21(17)23-19/h5-10H,4,11H2,1-3H3,(H,22,23,24). The molecular formula is C21H20N2O2S. The van der Waals surface area contributed by atoms with Gasteiger partial charge in [0.05, 0.1) is 17.6 Å². The van der Waals surface area contributed by atoms with Crippen LogP contribution in [-0.4, -0.2) is 16.6 Å². The molecule has 2 heterocycles. The summed E-state index contributed by atoms with van der Waals surface area (Å²) in [6, 6.07) is 12.1. The second kappa shape index (κ2) is 6.57. The van der Waals surface area contributed by atoms with Crippen LogP contribution in [0.1, 0.15) is 23.8 Å². The van der Waals surface area contributed by atoms with Crippen molar-refractivity contribution in [3.05, 3.63) is 57.2 Å². The number of rotatable bonds is 4. The number of aromatic nitrogens is 2. The van der Waals surface area contributed by atoms with Crippen LogP contribution in [0, 0.1) is 13.8 Å². The molecule has 4 aromatic rings. The van der Waals surface area contributed by atoms with Crippen molar-refractivity contribution in [1.82, 2.24) is 9.97 Å². The largest absolute Gasteiger partial charge is 0.493 e. The van der Waals surface area contributed by atoms with Crippen LogP contribution in [0.3, 0.4) is 0 Å². The van der Waals surface area contributed by atoms with Gasteiger partial charge in [-0.05, 0) is 42.7 Å². The fourth-order valence-electron chi connectivity index (χ4n) is 3.20. The molecule has 0 aliphatic heterocycles. The zero-order valence-electron chi connectivity index (χ0n) is 15.1. The molecule has 132 valence electrons. The van der Waals surface area contributed by atoms with E-state index in [1.165, 1.54) is 0 Å². The molecule has 4 rings (SSSR count). The smallest absolute Gasteiger partial charge is 0.260 e. The van der Waals surface area contributed by atoms with Gasteiger partial charge in [-0.2, -0.15) is 0 Å². The Labute approximate surface area is 155 Å². The number of nitrogens with zero attached hydrogens (tertiary/aromatic N) is 1. The van der Waals surface area contributed by atoms with E-state index < -0.39 is 0 Å². The third-order valence-corrected chi connectivity index (χ3v) is 5.73. The lowest BCUT2D eigenvalue weighted by molar-refractivity contribution is 0.319.